The highest BCUT2D eigenvalue weighted by atomic mass is 32.2. The van der Waals surface area contributed by atoms with Crippen molar-refractivity contribution in [2.45, 2.75) is 23.9 Å². The van der Waals surface area contributed by atoms with Crippen molar-refractivity contribution in [3.05, 3.63) is 60.4 Å². The average Bonchev–Trinajstić information content (AvgIpc) is 3.58. The number of ether oxygens (including phenoxy) is 1. The van der Waals surface area contributed by atoms with Gasteiger partial charge in [-0.25, -0.2) is 9.67 Å². The maximum atomic E-state index is 12.5. The average molecular weight is 436 g/mol. The zero-order valence-electron chi connectivity index (χ0n) is 17.2. The molecule has 160 valence electrons. The number of anilines is 2. The van der Waals surface area contributed by atoms with Gasteiger partial charge in [-0.3, -0.25) is 4.79 Å². The fourth-order valence-electron chi connectivity index (χ4n) is 3.63. The smallest absolute Gasteiger partial charge is 0.234 e. The summed E-state index contributed by atoms with van der Waals surface area (Å²) in [6.07, 6.45) is 2.30. The van der Waals surface area contributed by atoms with Crippen molar-refractivity contribution < 1.29 is 9.53 Å². The molecule has 1 N–H and O–H groups in total. The van der Waals surface area contributed by atoms with Gasteiger partial charge in [0.2, 0.25) is 11.1 Å². The number of hydrogen-bond donors (Lipinski definition) is 1. The van der Waals surface area contributed by atoms with E-state index < -0.39 is 0 Å². The molecular weight excluding hydrogens is 410 g/mol. The van der Waals surface area contributed by atoms with Crippen LogP contribution >= 0.6 is 11.8 Å². The molecule has 1 aliphatic carbocycles. The molecule has 0 atom stereocenters. The lowest BCUT2D eigenvalue weighted by molar-refractivity contribution is -0.113. The fourth-order valence-corrected chi connectivity index (χ4v) is 4.26. The second-order valence-corrected chi connectivity index (χ2v) is 8.70. The van der Waals surface area contributed by atoms with Gasteiger partial charge in [-0.15, -0.1) is 5.10 Å². The number of aromatic nitrogens is 3. The van der Waals surface area contributed by atoms with E-state index in [2.05, 4.69) is 15.3 Å². The van der Waals surface area contributed by atoms with Crippen LogP contribution < -0.4 is 10.2 Å². The van der Waals surface area contributed by atoms with E-state index in [-0.39, 0.29) is 11.7 Å². The Balaban J connectivity index is 1.19. The van der Waals surface area contributed by atoms with Crippen molar-refractivity contribution in [1.29, 1.82) is 0 Å². The number of carbonyl (C=O) groups is 1. The van der Waals surface area contributed by atoms with Crippen LogP contribution in [0.4, 0.5) is 11.4 Å². The lowest BCUT2D eigenvalue weighted by Crippen LogP contribution is -2.36. The summed E-state index contributed by atoms with van der Waals surface area (Å²) in [6, 6.07) is 18.0. The molecule has 0 spiro atoms. The van der Waals surface area contributed by atoms with E-state index in [9.17, 15) is 4.79 Å². The van der Waals surface area contributed by atoms with Crippen LogP contribution in [0.25, 0.3) is 5.69 Å². The Morgan fingerprint density at radius 2 is 1.77 bits per heavy atom. The van der Waals surface area contributed by atoms with E-state index in [4.69, 9.17) is 9.72 Å². The van der Waals surface area contributed by atoms with E-state index in [1.54, 1.807) is 0 Å². The topological polar surface area (TPSA) is 72.3 Å². The van der Waals surface area contributed by atoms with Crippen molar-refractivity contribution in [1.82, 2.24) is 14.8 Å². The molecule has 2 aromatic carbocycles. The predicted octanol–water partition coefficient (Wildman–Crippen LogP) is 3.71. The lowest BCUT2D eigenvalue weighted by atomic mass is 10.2. The third-order valence-electron chi connectivity index (χ3n) is 5.42. The third kappa shape index (κ3) is 4.91. The maximum absolute atomic E-state index is 12.5. The Bertz CT molecular complexity index is 1030. The van der Waals surface area contributed by atoms with Gasteiger partial charge in [-0.05, 0) is 49.2 Å². The van der Waals surface area contributed by atoms with Crippen LogP contribution in [0.5, 0.6) is 0 Å². The molecule has 31 heavy (non-hydrogen) atoms. The minimum atomic E-state index is -0.0619. The van der Waals surface area contributed by atoms with Gasteiger partial charge < -0.3 is 15.0 Å². The Morgan fingerprint density at radius 3 is 2.48 bits per heavy atom. The molecule has 1 aliphatic heterocycles. The van der Waals surface area contributed by atoms with Gasteiger partial charge in [0, 0.05) is 30.4 Å². The number of hydrogen-bond acceptors (Lipinski definition) is 6. The molecule has 0 radical (unpaired) electrons. The van der Waals surface area contributed by atoms with E-state index in [1.807, 2.05) is 59.3 Å². The molecule has 0 bridgehead atoms. The molecule has 2 heterocycles. The molecule has 0 unspecified atom stereocenters. The zero-order valence-corrected chi connectivity index (χ0v) is 18.1. The number of thioether (sulfide) groups is 1. The Morgan fingerprint density at radius 1 is 1.03 bits per heavy atom. The first-order chi connectivity index (χ1) is 15.3. The molecule has 2 aliphatic rings. The molecule has 1 saturated heterocycles. The van der Waals surface area contributed by atoms with Crippen molar-refractivity contribution >= 4 is 29.0 Å². The lowest BCUT2D eigenvalue weighted by Gasteiger charge is -2.28. The first-order valence-corrected chi connectivity index (χ1v) is 11.6. The largest absolute Gasteiger partial charge is 0.378 e. The molecule has 3 aromatic rings. The monoisotopic (exact) mass is 435 g/mol. The molecule has 1 aromatic heterocycles. The van der Waals surface area contributed by atoms with Crippen LogP contribution in [0.3, 0.4) is 0 Å². The Labute approximate surface area is 185 Å². The van der Waals surface area contributed by atoms with E-state index in [1.165, 1.54) is 11.8 Å². The second-order valence-electron chi connectivity index (χ2n) is 7.76. The van der Waals surface area contributed by atoms with Gasteiger partial charge in [0.05, 0.1) is 24.7 Å². The molecule has 2 fully saturated rings. The molecule has 5 rings (SSSR count). The number of morpholine rings is 1. The number of nitrogens with one attached hydrogen (secondary N) is 1. The SMILES string of the molecule is O=C(CSc1nc(C2CC2)n(-c2ccccc2)n1)Nc1ccc(N2CCOCC2)cc1. The Hall–Kier alpha value is -2.84. The van der Waals surface area contributed by atoms with E-state index >= 15 is 0 Å². The minimum Gasteiger partial charge on any atom is -0.378 e. The van der Waals surface area contributed by atoms with Crippen molar-refractivity contribution in [2.24, 2.45) is 0 Å². The third-order valence-corrected chi connectivity index (χ3v) is 6.25. The van der Waals surface area contributed by atoms with Gasteiger partial charge in [0.25, 0.3) is 0 Å². The van der Waals surface area contributed by atoms with Crippen LogP contribution in [0.2, 0.25) is 0 Å². The number of benzene rings is 2. The second kappa shape index (κ2) is 9.11. The summed E-state index contributed by atoms with van der Waals surface area (Å²) in [5.74, 6) is 1.68. The van der Waals surface area contributed by atoms with Gasteiger partial charge in [-0.2, -0.15) is 0 Å². The Kier molecular flexibility index (Phi) is 5.90. The normalized spacial score (nSPS) is 16.3. The molecule has 1 amide bonds. The maximum Gasteiger partial charge on any atom is 0.234 e. The summed E-state index contributed by atoms with van der Waals surface area (Å²) < 4.78 is 7.32. The summed E-state index contributed by atoms with van der Waals surface area (Å²) in [5, 5.41) is 8.26. The highest BCUT2D eigenvalue weighted by molar-refractivity contribution is 7.99. The highest BCUT2D eigenvalue weighted by Gasteiger charge is 2.30. The summed E-state index contributed by atoms with van der Waals surface area (Å²) in [5.41, 5.74) is 2.96. The number of rotatable bonds is 7. The fraction of sp³-hybridized carbons (Fsp3) is 0.348. The first-order valence-electron chi connectivity index (χ1n) is 10.6. The van der Waals surface area contributed by atoms with Gasteiger partial charge in [0.15, 0.2) is 0 Å². The number of carbonyl (C=O) groups excluding carboxylic acids is 1. The predicted molar refractivity (Wildman–Crippen MR) is 122 cm³/mol. The van der Waals surface area contributed by atoms with Crippen LogP contribution in [-0.2, 0) is 9.53 Å². The van der Waals surface area contributed by atoms with Crippen molar-refractivity contribution in [2.75, 3.05) is 42.3 Å². The molecular formula is C23H25N5O2S. The summed E-state index contributed by atoms with van der Waals surface area (Å²) in [6.45, 7) is 3.31. The van der Waals surface area contributed by atoms with E-state index in [0.717, 1.165) is 62.0 Å². The quantitative estimate of drug-likeness (QED) is 0.571. The standard InChI is InChI=1S/C23H25N5O2S/c29-21(24-18-8-10-19(11-9-18)27-12-14-30-15-13-27)16-31-23-25-22(17-6-7-17)28(26-23)20-4-2-1-3-5-20/h1-5,8-11,17H,6-7,12-16H2,(H,24,29). The van der Waals surface area contributed by atoms with Crippen LogP contribution in [-0.4, -0.2) is 52.7 Å². The van der Waals surface area contributed by atoms with Crippen LogP contribution in [0, 0.1) is 0 Å². The van der Waals surface area contributed by atoms with E-state index in [0.29, 0.717) is 11.1 Å². The summed E-state index contributed by atoms with van der Waals surface area (Å²) >= 11 is 1.37. The number of amides is 1. The first kappa shape index (κ1) is 20.1. The van der Waals surface area contributed by atoms with Gasteiger partial charge in [-0.1, -0.05) is 30.0 Å². The summed E-state index contributed by atoms with van der Waals surface area (Å²) in [4.78, 5) is 19.5. The zero-order chi connectivity index (χ0) is 21.0. The number of para-hydroxylation sites is 1. The minimum absolute atomic E-state index is 0.0619. The molecule has 7 nitrogen and oxygen atoms in total. The van der Waals surface area contributed by atoms with Gasteiger partial charge in [0.1, 0.15) is 5.82 Å². The van der Waals surface area contributed by atoms with Crippen molar-refractivity contribution in [3.63, 3.8) is 0 Å². The molecule has 1 saturated carbocycles. The van der Waals surface area contributed by atoms with Crippen LogP contribution in [0.15, 0.2) is 59.8 Å². The highest BCUT2D eigenvalue weighted by Crippen LogP contribution is 2.40. The summed E-state index contributed by atoms with van der Waals surface area (Å²) in [7, 11) is 0. The van der Waals surface area contributed by atoms with Crippen molar-refractivity contribution in [3.8, 4) is 5.69 Å². The van der Waals surface area contributed by atoms with Crippen LogP contribution in [0.1, 0.15) is 24.6 Å². The molecule has 8 heteroatoms. The van der Waals surface area contributed by atoms with Gasteiger partial charge >= 0.3 is 0 Å². The number of nitrogens with zero attached hydrogens (tertiary/aromatic N) is 4.